The molecule has 1 saturated carbocycles. The minimum Gasteiger partial charge on any atom is -0.378 e. The highest BCUT2D eigenvalue weighted by atomic mass is 127. The van der Waals surface area contributed by atoms with Gasteiger partial charge >= 0.3 is 6.18 Å². The van der Waals surface area contributed by atoms with E-state index in [0.29, 0.717) is 12.5 Å². The van der Waals surface area contributed by atoms with Crippen molar-refractivity contribution < 1.29 is 23.0 Å². The van der Waals surface area contributed by atoms with Crippen LogP contribution in [0.5, 0.6) is 0 Å². The van der Waals surface area contributed by atoms with E-state index in [-0.39, 0.29) is 48.1 Å². The number of aliphatic imine (C=N–C) groups is 1. The van der Waals surface area contributed by atoms with Gasteiger partial charge in [-0.15, -0.1) is 24.0 Å². The fourth-order valence-electron chi connectivity index (χ4n) is 3.74. The van der Waals surface area contributed by atoms with Gasteiger partial charge in [0.25, 0.3) is 0 Å². The number of guanidine groups is 1. The molecule has 0 amide bonds. The summed E-state index contributed by atoms with van der Waals surface area (Å²) in [6.45, 7) is 9.30. The highest BCUT2D eigenvalue weighted by Crippen LogP contribution is 2.43. The molecule has 1 aliphatic rings. The molecule has 7 nitrogen and oxygen atoms in total. The summed E-state index contributed by atoms with van der Waals surface area (Å²) in [7, 11) is 1.42. The maximum Gasteiger partial charge on any atom is 0.424 e. The molecular weight excluding hydrogens is 538 g/mol. The van der Waals surface area contributed by atoms with E-state index in [1.807, 2.05) is 6.92 Å². The molecule has 3 N–H and O–H groups in total. The van der Waals surface area contributed by atoms with Crippen LogP contribution in [0.1, 0.15) is 59.2 Å². The van der Waals surface area contributed by atoms with E-state index in [4.69, 9.17) is 4.74 Å². The maximum absolute atomic E-state index is 13.7. The number of unbranched alkanes of at least 4 members (excludes halogenated alkanes) is 1. The van der Waals surface area contributed by atoms with Crippen LogP contribution in [0.2, 0.25) is 0 Å². The maximum atomic E-state index is 13.7. The molecule has 0 saturated heterocycles. The summed E-state index contributed by atoms with van der Waals surface area (Å²) in [5.41, 5.74) is -3.19. The molecule has 11 heteroatoms. The highest BCUT2D eigenvalue weighted by molar-refractivity contribution is 14.0. The zero-order chi connectivity index (χ0) is 23.3. The molecule has 0 aliphatic heterocycles. The second-order valence-electron chi connectivity index (χ2n) is 8.70. The molecule has 3 unspecified atom stereocenters. The summed E-state index contributed by atoms with van der Waals surface area (Å²) in [5, 5.41) is 16.8. The summed E-state index contributed by atoms with van der Waals surface area (Å²) in [5.74, 6) is -0.0164. The van der Waals surface area contributed by atoms with E-state index in [1.54, 1.807) is 0 Å². The van der Waals surface area contributed by atoms with Crippen LogP contribution >= 0.6 is 24.0 Å². The summed E-state index contributed by atoms with van der Waals surface area (Å²) < 4.78 is 48.1. The van der Waals surface area contributed by atoms with Crippen LogP contribution in [0.3, 0.4) is 0 Å². The molecule has 1 aromatic heterocycles. The first-order chi connectivity index (χ1) is 14.5. The minimum atomic E-state index is -4.87. The zero-order valence-electron chi connectivity index (χ0n) is 19.5. The first-order valence-electron chi connectivity index (χ1n) is 10.9. The lowest BCUT2D eigenvalue weighted by molar-refractivity contribution is -0.272. The van der Waals surface area contributed by atoms with Gasteiger partial charge in [0.05, 0.1) is 6.10 Å². The molecule has 1 aliphatic carbocycles. The summed E-state index contributed by atoms with van der Waals surface area (Å²) >= 11 is 0. The largest absolute Gasteiger partial charge is 0.424 e. The number of imidazole rings is 1. The fraction of sp³-hybridized carbons (Fsp3) is 0.810. The van der Waals surface area contributed by atoms with Crippen LogP contribution in [0, 0.1) is 5.41 Å². The molecular formula is C21H37F3IN5O2. The van der Waals surface area contributed by atoms with Crippen LogP contribution in [-0.4, -0.2) is 58.6 Å². The number of alkyl halides is 3. The molecule has 0 radical (unpaired) electrons. The third-order valence-electron chi connectivity index (χ3n) is 6.05. The monoisotopic (exact) mass is 575 g/mol. The summed E-state index contributed by atoms with van der Waals surface area (Å²) in [4.78, 5) is 8.01. The molecule has 1 heterocycles. The molecule has 1 aromatic rings. The number of aromatic nitrogens is 2. The fourth-order valence-corrected chi connectivity index (χ4v) is 3.74. The summed E-state index contributed by atoms with van der Waals surface area (Å²) in [6, 6.07) is 0.0907. The Hall–Kier alpha value is -1.08. The lowest BCUT2D eigenvalue weighted by Gasteiger charge is -2.52. The highest BCUT2D eigenvalue weighted by Gasteiger charge is 2.57. The Morgan fingerprint density at radius 3 is 2.56 bits per heavy atom. The molecule has 0 aromatic carbocycles. The van der Waals surface area contributed by atoms with Crippen molar-refractivity contribution in [3.05, 3.63) is 18.2 Å². The minimum absolute atomic E-state index is 0. The van der Waals surface area contributed by atoms with E-state index < -0.39 is 24.0 Å². The Balaban J connectivity index is 0.00000512. The van der Waals surface area contributed by atoms with Gasteiger partial charge in [-0.25, -0.2) is 4.98 Å². The zero-order valence-corrected chi connectivity index (χ0v) is 21.8. The van der Waals surface area contributed by atoms with E-state index in [0.717, 1.165) is 25.9 Å². The molecule has 0 spiro atoms. The first-order valence-corrected chi connectivity index (χ1v) is 10.9. The number of hydrogen-bond donors (Lipinski definition) is 3. The number of aliphatic hydroxyl groups is 1. The predicted molar refractivity (Wildman–Crippen MR) is 129 cm³/mol. The van der Waals surface area contributed by atoms with Crippen molar-refractivity contribution in [3.63, 3.8) is 0 Å². The normalized spacial score (nSPS) is 22.5. The number of nitrogens with zero attached hydrogens (tertiary/aromatic N) is 3. The van der Waals surface area contributed by atoms with Gasteiger partial charge in [-0.1, -0.05) is 27.2 Å². The average molecular weight is 575 g/mol. The first kappa shape index (κ1) is 29.0. The van der Waals surface area contributed by atoms with E-state index in [2.05, 4.69) is 41.4 Å². The lowest BCUT2D eigenvalue weighted by atomic mass is 9.64. The van der Waals surface area contributed by atoms with Crippen LogP contribution in [0.25, 0.3) is 0 Å². The Morgan fingerprint density at radius 2 is 2.06 bits per heavy atom. The van der Waals surface area contributed by atoms with Gasteiger partial charge in [-0.05, 0) is 19.8 Å². The topological polar surface area (TPSA) is 83.7 Å². The van der Waals surface area contributed by atoms with Crippen molar-refractivity contribution in [1.29, 1.82) is 0 Å². The van der Waals surface area contributed by atoms with E-state index in [9.17, 15) is 18.3 Å². The van der Waals surface area contributed by atoms with Gasteiger partial charge < -0.3 is 25.0 Å². The third-order valence-corrected chi connectivity index (χ3v) is 6.05. The van der Waals surface area contributed by atoms with E-state index >= 15 is 0 Å². The van der Waals surface area contributed by atoms with Crippen LogP contribution in [-0.2, 0) is 17.4 Å². The molecule has 32 heavy (non-hydrogen) atoms. The summed E-state index contributed by atoms with van der Waals surface area (Å²) in [6.07, 6.45) is 0.152. The third kappa shape index (κ3) is 6.49. The standard InChI is InChI=1S/C21H36F3N5O2.HI/c1-6-8-13-31-16-14-15(19(16,3)4)28-18(25-7-2)27-10-9-20(30,21(22,23)24)17-26-11-12-29(17)5;/h11-12,15-16,30H,6-10,13-14H2,1-5H3,(H2,25,27,28);1H. The van der Waals surface area contributed by atoms with Gasteiger partial charge in [0.1, 0.15) is 5.82 Å². The molecule has 0 bridgehead atoms. The van der Waals surface area contributed by atoms with Crippen LogP contribution in [0.15, 0.2) is 17.4 Å². The number of nitrogens with one attached hydrogen (secondary N) is 2. The number of aryl methyl sites for hydroxylation is 1. The smallest absolute Gasteiger partial charge is 0.378 e. The Bertz CT molecular complexity index is 741. The number of ether oxygens (including phenoxy) is 1. The molecule has 1 fully saturated rings. The number of hydrogen-bond acceptors (Lipinski definition) is 4. The average Bonchev–Trinajstić information content (AvgIpc) is 3.12. The molecule has 3 atom stereocenters. The van der Waals surface area contributed by atoms with Gasteiger partial charge in [0.2, 0.25) is 5.60 Å². The van der Waals surface area contributed by atoms with Crippen LogP contribution < -0.4 is 10.6 Å². The SMILES string of the molecule is CCCCOC1CC(NC(=NCCC(O)(c2nccn2C)C(F)(F)F)NCC)C1(C)C.I. The second kappa shape index (κ2) is 11.9. The van der Waals surface area contributed by atoms with Crippen molar-refractivity contribution in [2.24, 2.45) is 17.5 Å². The number of halogens is 4. The molecule has 186 valence electrons. The van der Waals surface area contributed by atoms with Crippen molar-refractivity contribution in [2.75, 3.05) is 19.7 Å². The van der Waals surface area contributed by atoms with Gasteiger partial charge in [0.15, 0.2) is 5.96 Å². The predicted octanol–water partition coefficient (Wildman–Crippen LogP) is 3.72. The van der Waals surface area contributed by atoms with Crippen molar-refractivity contribution in [3.8, 4) is 0 Å². The van der Waals surface area contributed by atoms with Gasteiger partial charge in [-0.3, -0.25) is 4.99 Å². The van der Waals surface area contributed by atoms with Crippen molar-refractivity contribution in [1.82, 2.24) is 20.2 Å². The van der Waals surface area contributed by atoms with Crippen molar-refractivity contribution in [2.45, 2.75) is 77.3 Å². The quantitative estimate of drug-likeness (QED) is 0.172. The Labute approximate surface area is 205 Å². The number of rotatable bonds is 10. The lowest BCUT2D eigenvalue weighted by Crippen LogP contribution is -2.63. The Kier molecular flexibility index (Phi) is 10.7. The molecule has 2 rings (SSSR count). The van der Waals surface area contributed by atoms with Crippen LogP contribution in [0.4, 0.5) is 13.2 Å². The Morgan fingerprint density at radius 1 is 1.38 bits per heavy atom. The second-order valence-corrected chi connectivity index (χ2v) is 8.70. The van der Waals surface area contributed by atoms with Gasteiger partial charge in [0, 0.05) is 57.0 Å². The van der Waals surface area contributed by atoms with E-state index in [1.165, 1.54) is 24.0 Å². The van der Waals surface area contributed by atoms with Crippen molar-refractivity contribution >= 4 is 29.9 Å². The van der Waals surface area contributed by atoms with Gasteiger partial charge in [-0.2, -0.15) is 13.2 Å².